The molecule has 0 bridgehead atoms. The number of hydrogen-bond acceptors (Lipinski definition) is 4. The molecular formula is C20H29ClN2O3. The Morgan fingerprint density at radius 2 is 1.85 bits per heavy atom. The molecule has 1 heterocycles. The second kappa shape index (κ2) is 9.93. The standard InChI is InChI=1S/C20H29ClN2O3/c1-4-7-15(2)14-18(24)22-10-12-23(13-11-22)19(20(25)26-3)16-8-5-6-9-17(16)21/h5-6,8-9,15,19H,4,7,10-14H2,1-3H3. The lowest BCUT2D eigenvalue weighted by atomic mass is 10.0. The number of carbonyl (C=O) groups excluding carboxylic acids is 2. The van der Waals surface area contributed by atoms with Gasteiger partial charge in [-0.05, 0) is 17.5 Å². The van der Waals surface area contributed by atoms with Crippen LogP contribution in [0.1, 0.15) is 44.7 Å². The van der Waals surface area contributed by atoms with E-state index in [4.69, 9.17) is 16.3 Å². The molecule has 0 spiro atoms. The number of halogens is 1. The minimum atomic E-state index is -0.537. The van der Waals surface area contributed by atoms with Crippen molar-refractivity contribution in [1.82, 2.24) is 9.80 Å². The van der Waals surface area contributed by atoms with E-state index >= 15 is 0 Å². The van der Waals surface area contributed by atoms with Gasteiger partial charge in [-0.25, -0.2) is 4.79 Å². The van der Waals surface area contributed by atoms with E-state index in [1.54, 1.807) is 6.07 Å². The van der Waals surface area contributed by atoms with E-state index in [1.165, 1.54) is 7.11 Å². The van der Waals surface area contributed by atoms with E-state index < -0.39 is 6.04 Å². The lowest BCUT2D eigenvalue weighted by Crippen LogP contribution is -2.51. The largest absolute Gasteiger partial charge is 0.468 e. The van der Waals surface area contributed by atoms with Crippen LogP contribution in [0, 0.1) is 5.92 Å². The zero-order valence-electron chi connectivity index (χ0n) is 15.9. The molecule has 0 radical (unpaired) electrons. The predicted octanol–water partition coefficient (Wildman–Crippen LogP) is 3.52. The molecule has 0 aliphatic carbocycles. The third-order valence-electron chi connectivity index (χ3n) is 4.96. The van der Waals surface area contributed by atoms with Crippen molar-refractivity contribution in [1.29, 1.82) is 0 Å². The Morgan fingerprint density at radius 3 is 2.42 bits per heavy atom. The Balaban J connectivity index is 2.02. The van der Waals surface area contributed by atoms with Crippen molar-refractivity contribution in [2.24, 2.45) is 5.92 Å². The summed E-state index contributed by atoms with van der Waals surface area (Å²) in [7, 11) is 1.39. The molecule has 1 fully saturated rings. The molecule has 26 heavy (non-hydrogen) atoms. The van der Waals surface area contributed by atoms with Gasteiger partial charge in [0.05, 0.1) is 7.11 Å². The van der Waals surface area contributed by atoms with Crippen LogP contribution in [0.25, 0.3) is 0 Å². The maximum atomic E-state index is 12.5. The van der Waals surface area contributed by atoms with Gasteiger partial charge in [0.1, 0.15) is 6.04 Å². The Bertz CT molecular complexity index is 615. The molecule has 144 valence electrons. The smallest absolute Gasteiger partial charge is 0.327 e. The highest BCUT2D eigenvalue weighted by Crippen LogP contribution is 2.29. The van der Waals surface area contributed by atoms with Crippen molar-refractivity contribution >= 4 is 23.5 Å². The molecule has 2 unspecified atom stereocenters. The number of carbonyl (C=O) groups is 2. The molecule has 0 saturated carbocycles. The van der Waals surface area contributed by atoms with Crippen molar-refractivity contribution in [3.63, 3.8) is 0 Å². The maximum absolute atomic E-state index is 12.5. The first kappa shape index (κ1) is 20.7. The fraction of sp³-hybridized carbons (Fsp3) is 0.600. The number of nitrogens with zero attached hydrogens (tertiary/aromatic N) is 2. The summed E-state index contributed by atoms with van der Waals surface area (Å²) in [6, 6.07) is 6.81. The molecule has 1 aromatic carbocycles. The van der Waals surface area contributed by atoms with E-state index in [0.29, 0.717) is 43.5 Å². The van der Waals surface area contributed by atoms with Crippen molar-refractivity contribution in [3.05, 3.63) is 34.9 Å². The maximum Gasteiger partial charge on any atom is 0.327 e. The van der Waals surface area contributed by atoms with Crippen LogP contribution in [0.15, 0.2) is 24.3 Å². The van der Waals surface area contributed by atoms with Crippen LogP contribution in [-0.4, -0.2) is 55.0 Å². The molecule has 1 amide bonds. The first-order valence-corrected chi connectivity index (χ1v) is 9.69. The molecule has 6 heteroatoms. The predicted molar refractivity (Wildman–Crippen MR) is 103 cm³/mol. The van der Waals surface area contributed by atoms with Gasteiger partial charge in [-0.2, -0.15) is 0 Å². The van der Waals surface area contributed by atoms with Crippen molar-refractivity contribution in [2.75, 3.05) is 33.3 Å². The summed E-state index contributed by atoms with van der Waals surface area (Å²) in [6.07, 6.45) is 2.77. The third-order valence-corrected chi connectivity index (χ3v) is 5.31. The van der Waals surface area contributed by atoms with Crippen molar-refractivity contribution in [3.8, 4) is 0 Å². The van der Waals surface area contributed by atoms with Crippen LogP contribution in [0.5, 0.6) is 0 Å². The molecule has 1 saturated heterocycles. The second-order valence-electron chi connectivity index (χ2n) is 6.96. The number of rotatable bonds is 7. The Kier molecular flexibility index (Phi) is 7.91. The summed E-state index contributed by atoms with van der Waals surface area (Å²) >= 11 is 6.31. The zero-order valence-corrected chi connectivity index (χ0v) is 16.7. The van der Waals surface area contributed by atoms with Gasteiger partial charge in [-0.3, -0.25) is 9.69 Å². The Labute approximate surface area is 161 Å². The van der Waals surface area contributed by atoms with Gasteiger partial charge in [0.2, 0.25) is 5.91 Å². The highest BCUT2D eigenvalue weighted by Gasteiger charge is 2.33. The van der Waals surface area contributed by atoms with Gasteiger partial charge >= 0.3 is 5.97 Å². The number of esters is 1. The summed E-state index contributed by atoms with van der Waals surface area (Å²) in [5.41, 5.74) is 0.748. The first-order chi connectivity index (χ1) is 12.5. The van der Waals surface area contributed by atoms with Crippen LogP contribution in [0.3, 0.4) is 0 Å². The second-order valence-corrected chi connectivity index (χ2v) is 7.37. The molecule has 0 aromatic heterocycles. The van der Waals surface area contributed by atoms with Crippen LogP contribution >= 0.6 is 11.6 Å². The normalized spacial score (nSPS) is 17.6. The van der Waals surface area contributed by atoms with E-state index in [0.717, 1.165) is 18.4 Å². The minimum Gasteiger partial charge on any atom is -0.468 e. The molecule has 1 aliphatic heterocycles. The Morgan fingerprint density at radius 1 is 1.19 bits per heavy atom. The molecule has 2 rings (SSSR count). The van der Waals surface area contributed by atoms with Crippen LogP contribution in [0.2, 0.25) is 5.02 Å². The van der Waals surface area contributed by atoms with E-state index in [1.807, 2.05) is 28.0 Å². The number of ether oxygens (including phenoxy) is 1. The topological polar surface area (TPSA) is 49.9 Å². The summed E-state index contributed by atoms with van der Waals surface area (Å²) in [5, 5.41) is 0.551. The van der Waals surface area contributed by atoms with Crippen LogP contribution < -0.4 is 0 Å². The molecule has 2 atom stereocenters. The number of amides is 1. The lowest BCUT2D eigenvalue weighted by molar-refractivity contribution is -0.148. The van der Waals surface area contributed by atoms with E-state index in [-0.39, 0.29) is 11.9 Å². The average Bonchev–Trinajstić information content (AvgIpc) is 2.64. The van der Waals surface area contributed by atoms with E-state index in [9.17, 15) is 9.59 Å². The SMILES string of the molecule is CCCC(C)CC(=O)N1CCN(C(C(=O)OC)c2ccccc2Cl)CC1. The van der Waals surface area contributed by atoms with Crippen molar-refractivity contribution < 1.29 is 14.3 Å². The molecular weight excluding hydrogens is 352 g/mol. The molecule has 1 aliphatic rings. The highest BCUT2D eigenvalue weighted by atomic mass is 35.5. The van der Waals surface area contributed by atoms with Gasteiger partial charge in [0, 0.05) is 37.6 Å². The van der Waals surface area contributed by atoms with Crippen molar-refractivity contribution in [2.45, 2.75) is 39.2 Å². The highest BCUT2D eigenvalue weighted by molar-refractivity contribution is 6.31. The number of piperazine rings is 1. The molecule has 1 aromatic rings. The molecule has 5 nitrogen and oxygen atoms in total. The third kappa shape index (κ3) is 5.21. The number of hydrogen-bond donors (Lipinski definition) is 0. The first-order valence-electron chi connectivity index (χ1n) is 9.32. The van der Waals surface area contributed by atoms with E-state index in [2.05, 4.69) is 13.8 Å². The van der Waals surface area contributed by atoms with Gasteiger partial charge in [0.15, 0.2) is 0 Å². The zero-order chi connectivity index (χ0) is 19.1. The summed E-state index contributed by atoms with van der Waals surface area (Å²) in [4.78, 5) is 28.8. The summed E-state index contributed by atoms with van der Waals surface area (Å²) in [5.74, 6) is 0.295. The van der Waals surface area contributed by atoms with Gasteiger partial charge in [-0.1, -0.05) is 56.5 Å². The number of benzene rings is 1. The quantitative estimate of drug-likeness (QED) is 0.679. The monoisotopic (exact) mass is 380 g/mol. The lowest BCUT2D eigenvalue weighted by Gasteiger charge is -2.38. The van der Waals surface area contributed by atoms with Gasteiger partial charge in [0.25, 0.3) is 0 Å². The fourth-order valence-corrected chi connectivity index (χ4v) is 3.77. The summed E-state index contributed by atoms with van der Waals surface area (Å²) < 4.78 is 5.01. The Hall–Kier alpha value is -1.59. The van der Waals surface area contributed by atoms with Gasteiger partial charge < -0.3 is 9.64 Å². The minimum absolute atomic E-state index is 0.206. The van der Waals surface area contributed by atoms with Gasteiger partial charge in [-0.15, -0.1) is 0 Å². The molecule has 0 N–H and O–H groups in total. The summed E-state index contributed by atoms with van der Waals surface area (Å²) in [6.45, 7) is 6.76. The van der Waals surface area contributed by atoms with Crippen LogP contribution in [-0.2, 0) is 14.3 Å². The number of methoxy groups -OCH3 is 1. The van der Waals surface area contributed by atoms with Crippen LogP contribution in [0.4, 0.5) is 0 Å². The average molecular weight is 381 g/mol. The fourth-order valence-electron chi connectivity index (χ4n) is 3.53.